The lowest BCUT2D eigenvalue weighted by molar-refractivity contribution is 0.0640. The first-order valence-electron chi connectivity index (χ1n) is 5.35. The summed E-state index contributed by atoms with van der Waals surface area (Å²) in [6.45, 7) is 0.124. The number of benzene rings is 1. The average Bonchev–Trinajstić information content (AvgIpc) is 2.78. The summed E-state index contributed by atoms with van der Waals surface area (Å²) in [6, 6.07) is 4.82. The second-order valence-corrected chi connectivity index (χ2v) is 4.74. The molecule has 2 rings (SSSR count). The molecule has 104 valence electrons. The Labute approximate surface area is 123 Å². The van der Waals surface area contributed by atoms with Crippen molar-refractivity contribution < 1.29 is 19.8 Å². The predicted molar refractivity (Wildman–Crippen MR) is 71.7 cm³/mol. The molecule has 1 aromatic heterocycles. The van der Waals surface area contributed by atoms with Crippen LogP contribution < -0.4 is 0 Å². The van der Waals surface area contributed by atoms with Gasteiger partial charge in [-0.2, -0.15) is 0 Å². The van der Waals surface area contributed by atoms with Crippen LogP contribution >= 0.6 is 23.2 Å². The zero-order valence-electron chi connectivity index (χ0n) is 9.88. The fourth-order valence-electron chi connectivity index (χ4n) is 1.72. The van der Waals surface area contributed by atoms with Gasteiger partial charge in [-0.25, -0.2) is 14.6 Å². The van der Waals surface area contributed by atoms with Gasteiger partial charge in [0.15, 0.2) is 11.4 Å². The van der Waals surface area contributed by atoms with E-state index in [4.69, 9.17) is 33.4 Å². The normalized spacial score (nSPS) is 10.5. The highest BCUT2D eigenvalue weighted by atomic mass is 35.5. The third-order valence-corrected chi connectivity index (χ3v) is 3.32. The lowest BCUT2D eigenvalue weighted by atomic mass is 10.2. The molecular formula is C12H8Cl2N2O4. The molecule has 0 saturated heterocycles. The number of imidazole rings is 1. The Morgan fingerprint density at radius 1 is 1.15 bits per heavy atom. The number of nitrogens with zero attached hydrogens (tertiary/aromatic N) is 2. The second-order valence-electron chi connectivity index (χ2n) is 3.93. The quantitative estimate of drug-likeness (QED) is 0.905. The first-order chi connectivity index (χ1) is 9.40. The van der Waals surface area contributed by atoms with E-state index in [0.717, 1.165) is 6.33 Å². The summed E-state index contributed by atoms with van der Waals surface area (Å²) in [5, 5.41) is 18.7. The highest BCUT2D eigenvalue weighted by Gasteiger charge is 2.23. The van der Waals surface area contributed by atoms with Gasteiger partial charge in [0.2, 0.25) is 0 Å². The van der Waals surface area contributed by atoms with Crippen molar-refractivity contribution in [3.8, 4) is 0 Å². The van der Waals surface area contributed by atoms with Crippen molar-refractivity contribution in [3.05, 3.63) is 51.5 Å². The van der Waals surface area contributed by atoms with E-state index >= 15 is 0 Å². The first-order valence-corrected chi connectivity index (χ1v) is 6.11. The number of carbonyl (C=O) groups is 2. The highest BCUT2D eigenvalue weighted by Crippen LogP contribution is 2.23. The van der Waals surface area contributed by atoms with Gasteiger partial charge in [-0.3, -0.25) is 0 Å². The summed E-state index contributed by atoms with van der Waals surface area (Å²) in [4.78, 5) is 25.7. The van der Waals surface area contributed by atoms with Crippen molar-refractivity contribution >= 4 is 35.1 Å². The van der Waals surface area contributed by atoms with Crippen LogP contribution in [-0.4, -0.2) is 31.7 Å². The molecule has 6 nitrogen and oxygen atoms in total. The number of hydrogen-bond donors (Lipinski definition) is 2. The molecule has 0 fully saturated rings. The standard InChI is InChI=1S/C12H8Cl2N2O4/c13-7-2-1-6(3-8(7)14)4-16-5-15-9(11(17)18)10(16)12(19)20/h1-3,5H,4H2,(H,17,18)(H,19,20). The molecule has 0 atom stereocenters. The SMILES string of the molecule is O=C(O)c1ncn(Cc2ccc(Cl)c(Cl)c2)c1C(=O)O. The summed E-state index contributed by atoms with van der Waals surface area (Å²) < 4.78 is 1.23. The molecule has 0 amide bonds. The number of carboxylic acids is 2. The minimum atomic E-state index is -1.39. The molecule has 0 spiro atoms. The fourth-order valence-corrected chi connectivity index (χ4v) is 2.04. The van der Waals surface area contributed by atoms with Crippen LogP contribution in [0.2, 0.25) is 10.0 Å². The van der Waals surface area contributed by atoms with E-state index in [1.807, 2.05) is 0 Å². The monoisotopic (exact) mass is 314 g/mol. The van der Waals surface area contributed by atoms with Gasteiger partial charge in [0, 0.05) is 6.54 Å². The van der Waals surface area contributed by atoms with Gasteiger partial charge < -0.3 is 14.8 Å². The lowest BCUT2D eigenvalue weighted by Gasteiger charge is -2.07. The maximum atomic E-state index is 11.1. The Kier molecular flexibility index (Phi) is 3.96. The zero-order valence-corrected chi connectivity index (χ0v) is 11.4. The molecule has 0 unspecified atom stereocenters. The van der Waals surface area contributed by atoms with Crippen LogP contribution in [0.3, 0.4) is 0 Å². The molecule has 20 heavy (non-hydrogen) atoms. The molecular weight excluding hydrogens is 307 g/mol. The Morgan fingerprint density at radius 2 is 1.85 bits per heavy atom. The molecule has 0 saturated carbocycles. The Hall–Kier alpha value is -2.05. The van der Waals surface area contributed by atoms with Crippen molar-refractivity contribution in [2.75, 3.05) is 0 Å². The van der Waals surface area contributed by atoms with Gasteiger partial charge in [-0.05, 0) is 17.7 Å². The molecule has 8 heteroatoms. The van der Waals surface area contributed by atoms with Gasteiger partial charge in [0.25, 0.3) is 0 Å². The number of hydrogen-bond acceptors (Lipinski definition) is 3. The molecule has 0 bridgehead atoms. The van der Waals surface area contributed by atoms with Crippen LogP contribution in [0.1, 0.15) is 26.5 Å². The van der Waals surface area contributed by atoms with Crippen molar-refractivity contribution in [1.29, 1.82) is 0 Å². The van der Waals surface area contributed by atoms with Gasteiger partial charge in [0.05, 0.1) is 16.4 Å². The summed E-state index contributed by atoms with van der Waals surface area (Å²) in [5.41, 5.74) is -0.211. The van der Waals surface area contributed by atoms with Crippen molar-refractivity contribution in [2.45, 2.75) is 6.54 Å². The fraction of sp³-hybridized carbons (Fsp3) is 0.0833. The van der Waals surface area contributed by atoms with E-state index in [1.54, 1.807) is 18.2 Å². The van der Waals surface area contributed by atoms with Crippen LogP contribution in [-0.2, 0) is 6.54 Å². The van der Waals surface area contributed by atoms with Crippen molar-refractivity contribution in [1.82, 2.24) is 9.55 Å². The Bertz CT molecular complexity index is 697. The number of carboxylic acid groups (broad SMARTS) is 2. The predicted octanol–water partition coefficient (Wildman–Crippen LogP) is 2.63. The summed E-state index contributed by atoms with van der Waals surface area (Å²) in [6.07, 6.45) is 1.16. The third-order valence-electron chi connectivity index (χ3n) is 2.58. The molecule has 2 aromatic rings. The maximum absolute atomic E-state index is 11.1. The van der Waals surface area contributed by atoms with Crippen LogP contribution in [0.15, 0.2) is 24.5 Å². The molecule has 1 heterocycles. The number of aromatic carboxylic acids is 2. The smallest absolute Gasteiger partial charge is 0.357 e. The molecule has 1 aromatic carbocycles. The number of aromatic nitrogens is 2. The van der Waals surface area contributed by atoms with Crippen molar-refractivity contribution in [2.24, 2.45) is 0 Å². The molecule has 2 N–H and O–H groups in total. The minimum absolute atomic E-state index is 0.124. The number of halogens is 2. The largest absolute Gasteiger partial charge is 0.476 e. The van der Waals surface area contributed by atoms with Gasteiger partial charge >= 0.3 is 11.9 Å². The van der Waals surface area contributed by atoms with E-state index in [2.05, 4.69) is 4.98 Å². The second kappa shape index (κ2) is 5.52. The van der Waals surface area contributed by atoms with Crippen LogP contribution in [0.5, 0.6) is 0 Å². The lowest BCUT2D eigenvalue weighted by Crippen LogP contribution is -2.13. The number of rotatable bonds is 4. The topological polar surface area (TPSA) is 92.4 Å². The van der Waals surface area contributed by atoms with E-state index in [9.17, 15) is 9.59 Å². The molecule has 0 radical (unpaired) electrons. The van der Waals surface area contributed by atoms with Crippen LogP contribution in [0.25, 0.3) is 0 Å². The molecule has 0 aliphatic carbocycles. The molecule has 0 aliphatic rings. The zero-order chi connectivity index (χ0) is 14.9. The Morgan fingerprint density at radius 3 is 2.40 bits per heavy atom. The third kappa shape index (κ3) is 2.76. The average molecular weight is 315 g/mol. The Balaban J connectivity index is 2.41. The van der Waals surface area contributed by atoms with Gasteiger partial charge in [-0.15, -0.1) is 0 Å². The highest BCUT2D eigenvalue weighted by molar-refractivity contribution is 6.42. The van der Waals surface area contributed by atoms with E-state index in [1.165, 1.54) is 4.57 Å². The maximum Gasteiger partial charge on any atom is 0.357 e. The minimum Gasteiger partial charge on any atom is -0.476 e. The van der Waals surface area contributed by atoms with E-state index in [0.29, 0.717) is 15.6 Å². The van der Waals surface area contributed by atoms with Crippen LogP contribution in [0.4, 0.5) is 0 Å². The van der Waals surface area contributed by atoms with Crippen LogP contribution in [0, 0.1) is 0 Å². The first kappa shape index (κ1) is 14.4. The van der Waals surface area contributed by atoms with Crippen molar-refractivity contribution in [3.63, 3.8) is 0 Å². The summed E-state index contributed by atoms with van der Waals surface area (Å²) in [5.74, 6) is -2.75. The summed E-state index contributed by atoms with van der Waals surface area (Å²) >= 11 is 11.7. The molecule has 0 aliphatic heterocycles. The van der Waals surface area contributed by atoms with Gasteiger partial charge in [0.1, 0.15) is 0 Å². The summed E-state index contributed by atoms with van der Waals surface area (Å²) in [7, 11) is 0. The van der Waals surface area contributed by atoms with E-state index < -0.39 is 17.6 Å². The van der Waals surface area contributed by atoms with E-state index in [-0.39, 0.29) is 12.2 Å². The van der Waals surface area contributed by atoms with Gasteiger partial charge in [-0.1, -0.05) is 29.3 Å².